The Morgan fingerprint density at radius 1 is 0.500 bits per heavy atom. The van der Waals surface area contributed by atoms with E-state index in [1.54, 1.807) is 10.8 Å². The molecular formula is C62H126N4O6S2. The summed E-state index contributed by atoms with van der Waals surface area (Å²) in [5.41, 5.74) is 0. The Morgan fingerprint density at radius 3 is 1.34 bits per heavy atom. The van der Waals surface area contributed by atoms with Crippen LogP contribution in [0.15, 0.2) is 0 Å². The summed E-state index contributed by atoms with van der Waals surface area (Å²) < 4.78 is 12.4. The van der Waals surface area contributed by atoms with Crippen molar-refractivity contribution in [1.29, 1.82) is 0 Å². The molecule has 4 unspecified atom stereocenters. The van der Waals surface area contributed by atoms with E-state index in [9.17, 15) is 20.1 Å². The van der Waals surface area contributed by atoms with E-state index in [1.165, 1.54) is 167 Å². The van der Waals surface area contributed by atoms with Crippen molar-refractivity contribution >= 4 is 28.4 Å². The Bertz CT molecular complexity index is 1140. The molecule has 4 atom stereocenters. The van der Waals surface area contributed by atoms with Gasteiger partial charge in [-0.25, -0.2) is 0 Å². The third kappa shape index (κ3) is 48.9. The van der Waals surface area contributed by atoms with Gasteiger partial charge < -0.3 is 30.1 Å². The second kappa shape index (κ2) is 56.1. The van der Waals surface area contributed by atoms with Gasteiger partial charge in [-0.15, -0.1) is 11.7 Å². The molecule has 0 aromatic rings. The molecule has 0 amide bonds. The minimum absolute atomic E-state index is 0.0877. The van der Waals surface area contributed by atoms with Crippen LogP contribution in [-0.4, -0.2) is 151 Å². The van der Waals surface area contributed by atoms with Crippen LogP contribution >= 0.6 is 22.5 Å². The zero-order valence-electron chi connectivity index (χ0n) is 49.3. The molecule has 12 heteroatoms. The van der Waals surface area contributed by atoms with E-state index in [2.05, 4.69) is 52.4 Å². The van der Waals surface area contributed by atoms with Gasteiger partial charge in [-0.1, -0.05) is 231 Å². The molecule has 0 saturated carbocycles. The number of hydrogen-bond donors (Lipinski definition) is 5. The van der Waals surface area contributed by atoms with Crippen molar-refractivity contribution in [1.82, 2.24) is 20.0 Å². The molecule has 442 valence electrons. The number of thiol groups is 1. The molecule has 1 aliphatic heterocycles. The summed E-state index contributed by atoms with van der Waals surface area (Å²) in [5, 5.41) is 36.6. The number of rotatable bonds is 59. The zero-order chi connectivity index (χ0) is 53.6. The van der Waals surface area contributed by atoms with Crippen LogP contribution in [0.4, 0.5) is 0 Å². The first-order valence-electron chi connectivity index (χ1n) is 32.3. The number of aliphatic hydroxyl groups excluding tert-OH is 3. The summed E-state index contributed by atoms with van der Waals surface area (Å²) in [5.74, 6) is 0.894. The standard InChI is InChI=1S/C62H126N4O6S2/c1-4-7-10-13-16-18-20-22-27-32-41-60(69)56-66(46-36-35-43-62(70)72-52-50-64-48-44-63-45-49-64)57-61(42-34-29-23-21-19-17-14-11-8-5-2)71-51-37-30-25-24-28-33-40-59(68)55-65(47-38-53-74-73)54-58(67)39-31-26-15-12-9-6-3/h58-61,63,67-69,73H,4-57H2,1-3H3. The van der Waals surface area contributed by atoms with E-state index < -0.39 is 0 Å². The zero-order valence-corrected chi connectivity index (χ0v) is 51.0. The minimum atomic E-state index is -0.352. The quantitative estimate of drug-likeness (QED) is 0.0173. The van der Waals surface area contributed by atoms with E-state index in [1.807, 2.05) is 0 Å². The van der Waals surface area contributed by atoms with E-state index in [0.29, 0.717) is 32.7 Å². The largest absolute Gasteiger partial charge is 0.464 e. The van der Waals surface area contributed by atoms with Gasteiger partial charge in [0, 0.05) is 77.7 Å². The first-order chi connectivity index (χ1) is 36.3. The molecule has 4 N–H and O–H groups in total. The fourth-order valence-corrected chi connectivity index (χ4v) is 11.4. The molecule has 0 bridgehead atoms. The fourth-order valence-electron chi connectivity index (χ4n) is 10.8. The third-order valence-corrected chi connectivity index (χ3v) is 16.5. The first-order valence-corrected chi connectivity index (χ1v) is 34.3. The van der Waals surface area contributed by atoms with E-state index in [-0.39, 0.29) is 30.4 Å². The number of nitrogens with one attached hydrogen (secondary N) is 1. The monoisotopic (exact) mass is 1090 g/mol. The Balaban J connectivity index is 2.68. The van der Waals surface area contributed by atoms with Gasteiger partial charge in [0.1, 0.15) is 6.61 Å². The van der Waals surface area contributed by atoms with Crippen LogP contribution in [0.1, 0.15) is 278 Å². The maximum absolute atomic E-state index is 12.7. The van der Waals surface area contributed by atoms with Gasteiger partial charge in [0.2, 0.25) is 0 Å². The normalized spacial score (nSPS) is 15.1. The Morgan fingerprint density at radius 2 is 0.892 bits per heavy atom. The molecule has 1 heterocycles. The molecule has 0 spiro atoms. The lowest BCUT2D eigenvalue weighted by Crippen LogP contribution is -2.44. The average molecular weight is 1090 g/mol. The number of nitrogens with zero attached hydrogens (tertiary/aromatic N) is 3. The van der Waals surface area contributed by atoms with Crippen molar-refractivity contribution in [2.75, 3.05) is 91.0 Å². The number of unbranched alkanes of at least 4 members (excludes halogenated alkanes) is 29. The lowest BCUT2D eigenvalue weighted by Gasteiger charge is -2.30. The highest BCUT2D eigenvalue weighted by atomic mass is 33.1. The predicted octanol–water partition coefficient (Wildman–Crippen LogP) is 14.7. The van der Waals surface area contributed by atoms with Crippen LogP contribution in [0.3, 0.4) is 0 Å². The average Bonchev–Trinajstić information content (AvgIpc) is 3.39. The maximum Gasteiger partial charge on any atom is 0.305 e. The molecule has 1 aliphatic rings. The summed E-state index contributed by atoms with van der Waals surface area (Å²) in [4.78, 5) is 19.8. The number of esters is 1. The maximum atomic E-state index is 12.7. The Kier molecular flexibility index (Phi) is 54.5. The second-order valence-corrected chi connectivity index (χ2v) is 24.3. The summed E-state index contributed by atoms with van der Waals surface area (Å²) >= 11 is 4.33. The van der Waals surface area contributed by atoms with Crippen molar-refractivity contribution in [3.8, 4) is 0 Å². The van der Waals surface area contributed by atoms with Crippen LogP contribution < -0.4 is 5.32 Å². The number of aliphatic hydroxyl groups is 3. The van der Waals surface area contributed by atoms with E-state index in [0.717, 1.165) is 148 Å². The van der Waals surface area contributed by atoms with Gasteiger partial charge in [-0.2, -0.15) is 0 Å². The highest BCUT2D eigenvalue weighted by molar-refractivity contribution is 8.68. The first kappa shape index (κ1) is 71.9. The Labute approximate surface area is 468 Å². The van der Waals surface area contributed by atoms with Gasteiger partial charge in [0.05, 0.1) is 24.4 Å². The van der Waals surface area contributed by atoms with Gasteiger partial charge in [-0.05, 0) is 64.5 Å². The third-order valence-electron chi connectivity index (χ3n) is 15.5. The number of ether oxygens (including phenoxy) is 2. The molecule has 0 radical (unpaired) electrons. The lowest BCUT2D eigenvalue weighted by molar-refractivity contribution is -0.144. The molecule has 1 rings (SSSR count). The molecule has 74 heavy (non-hydrogen) atoms. The van der Waals surface area contributed by atoms with Crippen molar-refractivity contribution in [2.24, 2.45) is 0 Å². The van der Waals surface area contributed by atoms with Crippen LogP contribution in [-0.2, 0) is 14.3 Å². The van der Waals surface area contributed by atoms with Crippen molar-refractivity contribution in [3.63, 3.8) is 0 Å². The molecular weight excluding hydrogens is 961 g/mol. The summed E-state index contributed by atoms with van der Waals surface area (Å²) in [6, 6.07) is 0. The topological polar surface area (TPSA) is 118 Å². The predicted molar refractivity (Wildman–Crippen MR) is 324 cm³/mol. The van der Waals surface area contributed by atoms with Crippen LogP contribution in [0.2, 0.25) is 0 Å². The van der Waals surface area contributed by atoms with Gasteiger partial charge in [0.25, 0.3) is 0 Å². The van der Waals surface area contributed by atoms with Crippen LogP contribution in [0.5, 0.6) is 0 Å². The molecule has 0 aliphatic carbocycles. The second-order valence-electron chi connectivity index (χ2n) is 22.8. The highest BCUT2D eigenvalue weighted by Crippen LogP contribution is 2.19. The van der Waals surface area contributed by atoms with Crippen molar-refractivity contribution in [3.05, 3.63) is 0 Å². The molecule has 1 fully saturated rings. The number of carbonyl (C=O) groups is 1. The number of carbonyl (C=O) groups excluding carboxylic acids is 1. The molecule has 0 aromatic heterocycles. The van der Waals surface area contributed by atoms with Crippen molar-refractivity contribution < 1.29 is 29.6 Å². The SMILES string of the molecule is CCCCCCCCCCCCC(O)CN(CCCCC(=O)OCCN1CCNCC1)CC(CCCCCCCCCCCC)OCCCCCCCCC(O)CN(CCCSS)CC(O)CCCCCCCC. The fraction of sp³-hybridized carbons (Fsp3) is 0.984. The molecule has 0 aromatic carbocycles. The van der Waals surface area contributed by atoms with E-state index >= 15 is 0 Å². The number of piperazine rings is 1. The summed E-state index contributed by atoms with van der Waals surface area (Å²) in [7, 11) is 1.57. The lowest BCUT2D eigenvalue weighted by atomic mass is 10.0. The summed E-state index contributed by atoms with van der Waals surface area (Å²) in [6.45, 7) is 17.5. The smallest absolute Gasteiger partial charge is 0.305 e. The van der Waals surface area contributed by atoms with Crippen molar-refractivity contribution in [2.45, 2.75) is 302 Å². The summed E-state index contributed by atoms with van der Waals surface area (Å²) in [6.07, 6.45) is 46.4. The van der Waals surface area contributed by atoms with Gasteiger partial charge in [0.15, 0.2) is 0 Å². The minimum Gasteiger partial charge on any atom is -0.464 e. The molecule has 10 nitrogen and oxygen atoms in total. The van der Waals surface area contributed by atoms with Gasteiger partial charge >= 0.3 is 5.97 Å². The molecule has 1 saturated heterocycles. The number of hydrogen-bond acceptors (Lipinski definition) is 12. The van der Waals surface area contributed by atoms with E-state index in [4.69, 9.17) is 9.47 Å². The Hall–Kier alpha value is -0.150. The van der Waals surface area contributed by atoms with Crippen LogP contribution in [0, 0.1) is 0 Å². The highest BCUT2D eigenvalue weighted by Gasteiger charge is 2.20. The van der Waals surface area contributed by atoms with Crippen LogP contribution in [0.25, 0.3) is 0 Å². The van der Waals surface area contributed by atoms with Gasteiger partial charge in [-0.3, -0.25) is 19.5 Å².